The lowest BCUT2D eigenvalue weighted by Crippen LogP contribution is -2.34. The van der Waals surface area contributed by atoms with Gasteiger partial charge in [0.05, 0.1) is 41.6 Å². The van der Waals surface area contributed by atoms with Gasteiger partial charge in [-0.3, -0.25) is 4.31 Å². The van der Waals surface area contributed by atoms with Gasteiger partial charge in [-0.2, -0.15) is 0 Å². The van der Waals surface area contributed by atoms with Crippen molar-refractivity contribution in [2.24, 2.45) is 0 Å². The monoisotopic (exact) mass is 370 g/mol. The van der Waals surface area contributed by atoms with Gasteiger partial charge in [-0.1, -0.05) is 17.7 Å². The van der Waals surface area contributed by atoms with Crippen molar-refractivity contribution < 1.29 is 18.3 Å². The SMILES string of the molecule is COc1ccc(C)cc1N(CCO)S(=O)(=O)c1ccc(N)c(Cl)c1. The number of hydrogen-bond donors (Lipinski definition) is 2. The third-order valence-corrected chi connectivity index (χ3v) is 5.60. The molecule has 0 fully saturated rings. The van der Waals surface area contributed by atoms with Crippen molar-refractivity contribution in [1.82, 2.24) is 0 Å². The third kappa shape index (κ3) is 3.58. The van der Waals surface area contributed by atoms with E-state index in [0.29, 0.717) is 11.4 Å². The number of halogens is 1. The number of aliphatic hydroxyl groups excluding tert-OH is 1. The summed E-state index contributed by atoms with van der Waals surface area (Å²) in [6, 6.07) is 9.28. The summed E-state index contributed by atoms with van der Waals surface area (Å²) in [6.07, 6.45) is 0. The summed E-state index contributed by atoms with van der Waals surface area (Å²) in [5, 5.41) is 9.50. The molecule has 6 nitrogen and oxygen atoms in total. The maximum Gasteiger partial charge on any atom is 0.264 e. The maximum atomic E-state index is 13.0. The summed E-state index contributed by atoms with van der Waals surface area (Å²) in [7, 11) is -2.50. The summed E-state index contributed by atoms with van der Waals surface area (Å²) in [6.45, 7) is 1.37. The lowest BCUT2D eigenvalue weighted by atomic mass is 10.2. The Balaban J connectivity index is 2.61. The Morgan fingerprint density at radius 2 is 1.96 bits per heavy atom. The Hall–Kier alpha value is -1.96. The molecule has 0 spiro atoms. The highest BCUT2D eigenvalue weighted by atomic mass is 35.5. The van der Waals surface area contributed by atoms with Gasteiger partial charge in [-0.25, -0.2) is 8.42 Å². The highest BCUT2D eigenvalue weighted by Gasteiger charge is 2.27. The van der Waals surface area contributed by atoms with E-state index >= 15 is 0 Å². The average Bonchev–Trinajstić information content (AvgIpc) is 2.54. The highest BCUT2D eigenvalue weighted by Crippen LogP contribution is 2.34. The number of nitrogens with two attached hydrogens (primary N) is 1. The first-order valence-electron chi connectivity index (χ1n) is 7.14. The van der Waals surface area contributed by atoms with Crippen LogP contribution in [0.5, 0.6) is 5.75 Å². The predicted molar refractivity (Wildman–Crippen MR) is 95.2 cm³/mol. The van der Waals surface area contributed by atoms with Crippen LogP contribution in [0.15, 0.2) is 41.3 Å². The van der Waals surface area contributed by atoms with Gasteiger partial charge in [0.15, 0.2) is 0 Å². The topological polar surface area (TPSA) is 92.9 Å². The first-order valence-corrected chi connectivity index (χ1v) is 8.96. The van der Waals surface area contributed by atoms with Crippen molar-refractivity contribution in [3.05, 3.63) is 47.0 Å². The zero-order valence-electron chi connectivity index (χ0n) is 13.4. The molecule has 0 aliphatic rings. The molecule has 3 N–H and O–H groups in total. The van der Waals surface area contributed by atoms with Gasteiger partial charge >= 0.3 is 0 Å². The molecule has 0 aliphatic carbocycles. The van der Waals surface area contributed by atoms with Crippen LogP contribution in [0.25, 0.3) is 0 Å². The number of nitrogens with zero attached hydrogens (tertiary/aromatic N) is 1. The molecule has 0 radical (unpaired) electrons. The van der Waals surface area contributed by atoms with E-state index in [0.717, 1.165) is 9.87 Å². The molecule has 8 heteroatoms. The van der Waals surface area contributed by atoms with Crippen molar-refractivity contribution in [1.29, 1.82) is 0 Å². The number of nitrogen functional groups attached to an aromatic ring is 1. The molecule has 2 aromatic carbocycles. The quantitative estimate of drug-likeness (QED) is 0.762. The van der Waals surface area contributed by atoms with Gasteiger partial charge < -0.3 is 15.6 Å². The maximum absolute atomic E-state index is 13.0. The molecular formula is C16H19ClN2O4S. The van der Waals surface area contributed by atoms with Gasteiger partial charge in [-0.05, 0) is 42.8 Å². The highest BCUT2D eigenvalue weighted by molar-refractivity contribution is 7.92. The average molecular weight is 371 g/mol. The molecule has 0 heterocycles. The minimum absolute atomic E-state index is 0.0151. The third-order valence-electron chi connectivity index (χ3n) is 3.47. The fourth-order valence-corrected chi connectivity index (χ4v) is 3.98. The second-order valence-electron chi connectivity index (χ2n) is 5.16. The first-order chi connectivity index (χ1) is 11.3. The van der Waals surface area contributed by atoms with Crippen LogP contribution in [0, 0.1) is 6.92 Å². The molecule has 0 aliphatic heterocycles. The Labute approximate surface area is 146 Å². The van der Waals surface area contributed by atoms with E-state index in [2.05, 4.69) is 0 Å². The molecule has 0 aromatic heterocycles. The van der Waals surface area contributed by atoms with Gasteiger partial charge in [0.1, 0.15) is 5.75 Å². The molecule has 2 aromatic rings. The Morgan fingerprint density at radius 1 is 1.25 bits per heavy atom. The molecular weight excluding hydrogens is 352 g/mol. The number of rotatable bonds is 6. The molecule has 0 atom stereocenters. The molecule has 0 bridgehead atoms. The number of methoxy groups -OCH3 is 1. The van der Waals surface area contributed by atoms with Crippen LogP contribution >= 0.6 is 11.6 Å². The lowest BCUT2D eigenvalue weighted by molar-refractivity contribution is 0.306. The molecule has 0 amide bonds. The summed E-state index contributed by atoms with van der Waals surface area (Å²) in [5.41, 5.74) is 7.14. The van der Waals surface area contributed by atoms with E-state index in [9.17, 15) is 13.5 Å². The molecule has 24 heavy (non-hydrogen) atoms. The van der Waals surface area contributed by atoms with Gasteiger partial charge in [-0.15, -0.1) is 0 Å². The molecule has 2 rings (SSSR count). The van der Waals surface area contributed by atoms with Crippen LogP contribution < -0.4 is 14.8 Å². The number of anilines is 2. The van der Waals surface area contributed by atoms with Gasteiger partial charge in [0, 0.05) is 0 Å². The minimum atomic E-state index is -3.95. The number of hydrogen-bond acceptors (Lipinski definition) is 5. The summed E-state index contributed by atoms with van der Waals surface area (Å²) >= 11 is 5.95. The van der Waals surface area contributed by atoms with E-state index in [1.165, 1.54) is 25.3 Å². The van der Waals surface area contributed by atoms with E-state index in [1.54, 1.807) is 12.1 Å². The van der Waals surface area contributed by atoms with Gasteiger partial charge in [0.2, 0.25) is 0 Å². The molecule has 0 saturated heterocycles. The van der Waals surface area contributed by atoms with Crippen molar-refractivity contribution in [2.75, 3.05) is 30.3 Å². The zero-order chi connectivity index (χ0) is 17.9. The summed E-state index contributed by atoms with van der Waals surface area (Å²) in [5.74, 6) is 0.388. The Morgan fingerprint density at radius 3 is 2.54 bits per heavy atom. The Bertz CT molecular complexity index is 840. The molecule has 0 saturated carbocycles. The zero-order valence-corrected chi connectivity index (χ0v) is 14.9. The van der Waals surface area contributed by atoms with E-state index in [-0.39, 0.29) is 28.8 Å². The number of benzene rings is 2. The number of aryl methyl sites for hydroxylation is 1. The van der Waals surface area contributed by atoms with Crippen molar-refractivity contribution >= 4 is 33.0 Å². The van der Waals surface area contributed by atoms with E-state index in [1.807, 2.05) is 13.0 Å². The Kier molecular flexibility index (Phi) is 5.58. The predicted octanol–water partition coefficient (Wildman–Crippen LogP) is 2.43. The van der Waals surface area contributed by atoms with E-state index in [4.69, 9.17) is 22.1 Å². The standard InChI is InChI=1S/C16H19ClN2O4S/c1-11-3-6-16(23-2)15(9-11)19(7-8-20)24(21,22)12-4-5-14(18)13(17)10-12/h3-6,9-10,20H,7-8,18H2,1-2H3. The van der Waals surface area contributed by atoms with Crippen LogP contribution in [-0.2, 0) is 10.0 Å². The fraction of sp³-hybridized carbons (Fsp3) is 0.250. The van der Waals surface area contributed by atoms with Crippen molar-refractivity contribution in [3.8, 4) is 5.75 Å². The van der Waals surface area contributed by atoms with Crippen LogP contribution in [0.4, 0.5) is 11.4 Å². The summed E-state index contributed by atoms with van der Waals surface area (Å²) in [4.78, 5) is -0.0151. The van der Waals surface area contributed by atoms with Crippen LogP contribution in [0.1, 0.15) is 5.56 Å². The largest absolute Gasteiger partial charge is 0.495 e. The molecule has 130 valence electrons. The normalized spacial score (nSPS) is 11.3. The summed E-state index contributed by atoms with van der Waals surface area (Å²) < 4.78 is 32.4. The second-order valence-corrected chi connectivity index (χ2v) is 7.43. The van der Waals surface area contributed by atoms with E-state index < -0.39 is 10.0 Å². The lowest BCUT2D eigenvalue weighted by Gasteiger charge is -2.26. The van der Waals surface area contributed by atoms with Crippen LogP contribution in [-0.4, -0.2) is 33.8 Å². The minimum Gasteiger partial charge on any atom is -0.495 e. The first kappa shape index (κ1) is 18.4. The van der Waals surface area contributed by atoms with Crippen molar-refractivity contribution in [2.45, 2.75) is 11.8 Å². The fourth-order valence-electron chi connectivity index (χ4n) is 2.25. The number of sulfonamides is 1. The van der Waals surface area contributed by atoms with Crippen molar-refractivity contribution in [3.63, 3.8) is 0 Å². The van der Waals surface area contributed by atoms with Crippen LogP contribution in [0.3, 0.4) is 0 Å². The van der Waals surface area contributed by atoms with Gasteiger partial charge in [0.25, 0.3) is 10.0 Å². The number of aliphatic hydroxyl groups is 1. The second kappa shape index (κ2) is 7.29. The number of ether oxygens (including phenoxy) is 1. The molecule has 0 unspecified atom stereocenters. The smallest absolute Gasteiger partial charge is 0.264 e. The van der Waals surface area contributed by atoms with Crippen LogP contribution in [0.2, 0.25) is 5.02 Å².